The number of aryl methyl sites for hydroxylation is 2. The van der Waals surface area contributed by atoms with Crippen molar-refractivity contribution in [2.24, 2.45) is 5.92 Å². The van der Waals surface area contributed by atoms with Crippen LogP contribution >= 0.6 is 0 Å². The summed E-state index contributed by atoms with van der Waals surface area (Å²) in [4.78, 5) is 38.4. The predicted octanol–water partition coefficient (Wildman–Crippen LogP) is 3.46. The number of ketones is 1. The van der Waals surface area contributed by atoms with Gasteiger partial charge in [-0.3, -0.25) is 14.4 Å². The second kappa shape index (κ2) is 7.12. The first-order chi connectivity index (χ1) is 12.4. The van der Waals surface area contributed by atoms with E-state index in [9.17, 15) is 14.4 Å². The fraction of sp³-hybridized carbons (Fsp3) is 0.286. The number of carbonyl (C=O) groups excluding carboxylic acids is 3. The van der Waals surface area contributed by atoms with Crippen molar-refractivity contribution in [3.63, 3.8) is 0 Å². The zero-order chi connectivity index (χ0) is 18.8. The Morgan fingerprint density at radius 3 is 2.35 bits per heavy atom. The molecule has 0 aliphatic carbocycles. The van der Waals surface area contributed by atoms with E-state index in [1.54, 1.807) is 29.2 Å². The number of esters is 1. The van der Waals surface area contributed by atoms with Crippen LogP contribution in [0.25, 0.3) is 0 Å². The van der Waals surface area contributed by atoms with Crippen LogP contribution in [-0.2, 0) is 9.59 Å². The van der Waals surface area contributed by atoms with E-state index in [0.29, 0.717) is 5.56 Å². The summed E-state index contributed by atoms with van der Waals surface area (Å²) in [5.74, 6) is -1.07. The monoisotopic (exact) mass is 351 g/mol. The minimum absolute atomic E-state index is 0.0933. The van der Waals surface area contributed by atoms with Gasteiger partial charge in [-0.05, 0) is 44.0 Å². The smallest absolute Gasteiger partial charge is 0.316 e. The summed E-state index contributed by atoms with van der Waals surface area (Å²) >= 11 is 0. The highest BCUT2D eigenvalue weighted by molar-refractivity contribution is 6.01. The van der Waals surface area contributed by atoms with Gasteiger partial charge in [0, 0.05) is 18.7 Å². The van der Waals surface area contributed by atoms with Gasteiger partial charge in [0.2, 0.25) is 5.91 Å². The number of nitrogens with zero attached hydrogens (tertiary/aromatic N) is 1. The van der Waals surface area contributed by atoms with Gasteiger partial charge in [-0.2, -0.15) is 0 Å². The second-order valence-corrected chi connectivity index (χ2v) is 6.62. The van der Waals surface area contributed by atoms with E-state index in [4.69, 9.17) is 4.74 Å². The fourth-order valence-corrected chi connectivity index (χ4v) is 3.35. The first kappa shape index (κ1) is 17.9. The van der Waals surface area contributed by atoms with Crippen LogP contribution in [0.15, 0.2) is 42.5 Å². The van der Waals surface area contributed by atoms with Crippen LogP contribution in [0.1, 0.15) is 34.8 Å². The van der Waals surface area contributed by atoms with E-state index in [2.05, 4.69) is 0 Å². The fourth-order valence-electron chi connectivity index (χ4n) is 3.35. The number of para-hydroxylation sites is 2. The van der Waals surface area contributed by atoms with Gasteiger partial charge in [-0.25, -0.2) is 0 Å². The van der Waals surface area contributed by atoms with Crippen LogP contribution in [0.4, 0.5) is 5.69 Å². The Morgan fingerprint density at radius 1 is 1.04 bits per heavy atom. The van der Waals surface area contributed by atoms with Crippen molar-refractivity contribution in [3.05, 3.63) is 59.2 Å². The minimum Gasteiger partial charge on any atom is -0.425 e. The van der Waals surface area contributed by atoms with Gasteiger partial charge in [-0.1, -0.05) is 30.3 Å². The Bertz CT molecular complexity index is 867. The highest BCUT2D eigenvalue weighted by Gasteiger charge is 2.37. The summed E-state index contributed by atoms with van der Waals surface area (Å²) in [5, 5.41) is 0. The number of anilines is 1. The predicted molar refractivity (Wildman–Crippen MR) is 98.5 cm³/mol. The van der Waals surface area contributed by atoms with E-state index in [1.807, 2.05) is 32.0 Å². The summed E-state index contributed by atoms with van der Waals surface area (Å²) in [7, 11) is 0. The molecule has 1 fully saturated rings. The standard InChI is InChI=1S/C21H21NO4/c1-13-7-6-8-14(2)20(13)22-12-16(11-19(22)24)21(25)26-18-10-5-4-9-17(18)15(3)23/h4-10,16H,11-12H2,1-3H3/t16-/m0/s1. The molecule has 1 heterocycles. The molecule has 134 valence electrons. The second-order valence-electron chi connectivity index (χ2n) is 6.62. The average Bonchev–Trinajstić information content (AvgIpc) is 2.97. The molecule has 0 aromatic heterocycles. The van der Waals surface area contributed by atoms with Crippen molar-refractivity contribution < 1.29 is 19.1 Å². The summed E-state index contributed by atoms with van der Waals surface area (Å²) < 4.78 is 5.45. The average molecular weight is 351 g/mol. The van der Waals surface area contributed by atoms with Gasteiger partial charge in [0.15, 0.2) is 5.78 Å². The van der Waals surface area contributed by atoms with Crippen molar-refractivity contribution in [1.82, 2.24) is 0 Å². The maximum absolute atomic E-state index is 12.6. The van der Waals surface area contributed by atoms with Gasteiger partial charge in [0.25, 0.3) is 0 Å². The Labute approximate surface area is 152 Å². The molecule has 26 heavy (non-hydrogen) atoms. The molecule has 1 aliphatic heterocycles. The normalized spacial score (nSPS) is 16.7. The van der Waals surface area contributed by atoms with Crippen LogP contribution in [0.2, 0.25) is 0 Å². The maximum atomic E-state index is 12.6. The van der Waals surface area contributed by atoms with E-state index in [0.717, 1.165) is 16.8 Å². The molecule has 0 N–H and O–H groups in total. The number of carbonyl (C=O) groups is 3. The van der Waals surface area contributed by atoms with Crippen molar-refractivity contribution in [1.29, 1.82) is 0 Å². The SMILES string of the molecule is CC(=O)c1ccccc1OC(=O)[C@H]1CC(=O)N(c2c(C)cccc2C)C1. The highest BCUT2D eigenvalue weighted by atomic mass is 16.5. The van der Waals surface area contributed by atoms with Gasteiger partial charge in [0.05, 0.1) is 11.5 Å². The van der Waals surface area contributed by atoms with E-state index in [-0.39, 0.29) is 30.4 Å². The first-order valence-electron chi connectivity index (χ1n) is 8.56. The van der Waals surface area contributed by atoms with E-state index < -0.39 is 11.9 Å². The molecule has 5 heteroatoms. The van der Waals surface area contributed by atoms with Gasteiger partial charge >= 0.3 is 5.97 Å². The Hall–Kier alpha value is -2.95. The molecule has 2 aromatic carbocycles. The number of amides is 1. The third-order valence-corrected chi connectivity index (χ3v) is 4.64. The van der Waals surface area contributed by atoms with E-state index in [1.165, 1.54) is 6.92 Å². The molecule has 3 rings (SSSR count). The number of ether oxygens (including phenoxy) is 1. The number of rotatable bonds is 4. The lowest BCUT2D eigenvalue weighted by Crippen LogP contribution is -2.28. The lowest BCUT2D eigenvalue weighted by Gasteiger charge is -2.21. The first-order valence-corrected chi connectivity index (χ1v) is 8.56. The van der Waals surface area contributed by atoms with Crippen LogP contribution < -0.4 is 9.64 Å². The van der Waals surface area contributed by atoms with Crippen molar-refractivity contribution in [2.45, 2.75) is 27.2 Å². The summed E-state index contributed by atoms with van der Waals surface area (Å²) in [6.07, 6.45) is 0.106. The molecule has 1 atom stereocenters. The molecule has 0 radical (unpaired) electrons. The van der Waals surface area contributed by atoms with Crippen LogP contribution in [-0.4, -0.2) is 24.2 Å². The van der Waals surface area contributed by atoms with Crippen molar-refractivity contribution in [3.8, 4) is 5.75 Å². The zero-order valence-electron chi connectivity index (χ0n) is 15.1. The van der Waals surface area contributed by atoms with Gasteiger partial charge in [-0.15, -0.1) is 0 Å². The molecule has 0 unspecified atom stereocenters. The molecule has 0 spiro atoms. The minimum atomic E-state index is -0.554. The molecule has 1 saturated heterocycles. The quantitative estimate of drug-likeness (QED) is 0.481. The topological polar surface area (TPSA) is 63.7 Å². The lowest BCUT2D eigenvalue weighted by atomic mass is 10.1. The molecule has 1 aliphatic rings. The number of hydrogen-bond acceptors (Lipinski definition) is 4. The highest BCUT2D eigenvalue weighted by Crippen LogP contribution is 2.31. The molecule has 0 bridgehead atoms. The van der Waals surface area contributed by atoms with Gasteiger partial charge < -0.3 is 9.64 Å². The summed E-state index contributed by atoms with van der Waals surface area (Å²) in [6, 6.07) is 12.5. The molecular weight excluding hydrogens is 330 g/mol. The zero-order valence-corrected chi connectivity index (χ0v) is 15.1. The van der Waals surface area contributed by atoms with Crippen molar-refractivity contribution in [2.75, 3.05) is 11.4 Å². The molecule has 2 aromatic rings. The Morgan fingerprint density at radius 2 is 1.69 bits per heavy atom. The van der Waals surface area contributed by atoms with Crippen LogP contribution in [0, 0.1) is 19.8 Å². The number of benzene rings is 2. The summed E-state index contributed by atoms with van der Waals surface area (Å²) in [6.45, 7) is 5.61. The molecule has 5 nitrogen and oxygen atoms in total. The largest absolute Gasteiger partial charge is 0.425 e. The molecule has 1 amide bonds. The number of hydrogen-bond donors (Lipinski definition) is 0. The Balaban J connectivity index is 1.79. The number of Topliss-reactive ketones (excluding diaryl/α,β-unsaturated/α-hetero) is 1. The molecule has 0 saturated carbocycles. The van der Waals surface area contributed by atoms with Crippen LogP contribution in [0.5, 0.6) is 5.75 Å². The summed E-state index contributed by atoms with van der Waals surface area (Å²) in [5.41, 5.74) is 3.21. The maximum Gasteiger partial charge on any atom is 0.316 e. The molecular formula is C21H21NO4. The van der Waals surface area contributed by atoms with Gasteiger partial charge in [0.1, 0.15) is 5.75 Å². The van der Waals surface area contributed by atoms with E-state index >= 15 is 0 Å². The third-order valence-electron chi connectivity index (χ3n) is 4.64. The third kappa shape index (κ3) is 3.38. The lowest BCUT2D eigenvalue weighted by molar-refractivity contribution is -0.139. The Kier molecular flexibility index (Phi) is 4.89. The van der Waals surface area contributed by atoms with Crippen LogP contribution in [0.3, 0.4) is 0 Å². The van der Waals surface area contributed by atoms with Crippen molar-refractivity contribution >= 4 is 23.3 Å².